The van der Waals surface area contributed by atoms with Gasteiger partial charge in [-0.2, -0.15) is 5.10 Å². The van der Waals surface area contributed by atoms with Crippen molar-refractivity contribution >= 4 is 49.6 Å². The molecule has 9 heteroatoms. The van der Waals surface area contributed by atoms with Gasteiger partial charge >= 0.3 is 0 Å². The van der Waals surface area contributed by atoms with Crippen LogP contribution in [0.25, 0.3) is 10.2 Å². The molecule has 0 unspecified atom stereocenters. The van der Waals surface area contributed by atoms with Gasteiger partial charge in [0.1, 0.15) is 0 Å². The van der Waals surface area contributed by atoms with Gasteiger partial charge in [-0.15, -0.1) is 5.10 Å². The summed E-state index contributed by atoms with van der Waals surface area (Å²) >= 11 is 5.08. The van der Waals surface area contributed by atoms with Crippen molar-refractivity contribution < 1.29 is 14.3 Å². The zero-order valence-electron chi connectivity index (χ0n) is 17.3. The minimum Gasteiger partial charge on any atom is -0.490 e. The van der Waals surface area contributed by atoms with E-state index in [0.717, 1.165) is 20.6 Å². The second kappa shape index (κ2) is 9.90. The number of ether oxygens (including phenoxy) is 2. The molecule has 3 aromatic rings. The summed E-state index contributed by atoms with van der Waals surface area (Å²) in [7, 11) is 5.34. The SMILES string of the molecule is CCOc1cc(/C=N/N=c2\sc3ccccc3n2C)cc(Br)c1OCC(=O)N(C)C. The number of amides is 1. The molecule has 158 valence electrons. The number of fused-ring (bicyclic) bond motifs is 1. The number of likely N-dealkylation sites (N-methyl/N-ethyl adjacent to an activating group) is 1. The van der Waals surface area contributed by atoms with Gasteiger partial charge in [-0.05, 0) is 52.7 Å². The fourth-order valence-corrected chi connectivity index (χ4v) is 4.20. The van der Waals surface area contributed by atoms with E-state index in [1.54, 1.807) is 31.6 Å². The Morgan fingerprint density at radius 1 is 1.27 bits per heavy atom. The summed E-state index contributed by atoms with van der Waals surface area (Å²) < 4.78 is 15.2. The number of nitrogens with zero attached hydrogens (tertiary/aromatic N) is 4. The molecule has 0 saturated carbocycles. The molecule has 0 atom stereocenters. The molecule has 0 aliphatic carbocycles. The molecule has 7 nitrogen and oxygen atoms in total. The molecule has 0 saturated heterocycles. The largest absolute Gasteiger partial charge is 0.490 e. The molecule has 30 heavy (non-hydrogen) atoms. The number of benzene rings is 2. The van der Waals surface area contributed by atoms with Crippen molar-refractivity contribution in [2.75, 3.05) is 27.3 Å². The van der Waals surface area contributed by atoms with Crippen molar-refractivity contribution in [3.63, 3.8) is 0 Å². The summed E-state index contributed by atoms with van der Waals surface area (Å²) in [6, 6.07) is 11.8. The first-order valence-electron chi connectivity index (χ1n) is 9.31. The second-order valence-corrected chi connectivity index (χ2v) is 8.46. The smallest absolute Gasteiger partial charge is 0.259 e. The number of aryl methyl sites for hydroxylation is 1. The van der Waals surface area contributed by atoms with Crippen LogP contribution >= 0.6 is 27.3 Å². The number of thiazole rings is 1. The Morgan fingerprint density at radius 2 is 2.03 bits per heavy atom. The quantitative estimate of drug-likeness (QED) is 0.373. The minimum atomic E-state index is -0.134. The van der Waals surface area contributed by atoms with Crippen LogP contribution in [0.15, 0.2) is 51.1 Å². The van der Waals surface area contributed by atoms with Gasteiger partial charge in [-0.3, -0.25) is 4.79 Å². The first kappa shape index (κ1) is 22.0. The molecule has 0 spiro atoms. The normalized spacial score (nSPS) is 12.0. The van der Waals surface area contributed by atoms with Crippen LogP contribution in [-0.2, 0) is 11.8 Å². The number of hydrogen-bond donors (Lipinski definition) is 0. The minimum absolute atomic E-state index is 0.0725. The Morgan fingerprint density at radius 3 is 2.73 bits per heavy atom. The van der Waals surface area contributed by atoms with E-state index in [2.05, 4.69) is 38.3 Å². The van der Waals surface area contributed by atoms with Crippen molar-refractivity contribution in [3.8, 4) is 11.5 Å². The van der Waals surface area contributed by atoms with Crippen LogP contribution in [-0.4, -0.2) is 48.9 Å². The number of carbonyl (C=O) groups excluding carboxylic acids is 1. The number of aromatic nitrogens is 1. The zero-order valence-corrected chi connectivity index (χ0v) is 19.7. The first-order chi connectivity index (χ1) is 14.4. The number of carbonyl (C=O) groups is 1. The molecule has 2 aromatic carbocycles. The van der Waals surface area contributed by atoms with Crippen molar-refractivity contribution in [3.05, 3.63) is 51.2 Å². The molecule has 1 aromatic heterocycles. The summed E-state index contributed by atoms with van der Waals surface area (Å²) in [5, 5.41) is 8.61. The monoisotopic (exact) mass is 490 g/mol. The van der Waals surface area contributed by atoms with Crippen LogP contribution in [0.5, 0.6) is 11.5 Å². The van der Waals surface area contributed by atoms with Crippen molar-refractivity contribution in [1.29, 1.82) is 0 Å². The predicted octanol–water partition coefficient (Wildman–Crippen LogP) is 3.80. The van der Waals surface area contributed by atoms with Gasteiger partial charge in [0.05, 0.1) is 27.5 Å². The first-order valence-corrected chi connectivity index (χ1v) is 10.9. The molecule has 0 aliphatic heterocycles. The molecular formula is C21H23BrN4O3S. The lowest BCUT2D eigenvalue weighted by atomic mass is 10.2. The molecule has 0 fully saturated rings. The standard InChI is InChI=1S/C21H23BrN4O3S/c1-5-28-17-11-14(10-15(22)20(17)29-13-19(27)25(2)3)12-23-24-21-26(4)16-8-6-7-9-18(16)30-21/h6-12H,5,13H2,1-4H3/b23-12+,24-21-. The molecule has 1 amide bonds. The van der Waals surface area contributed by atoms with E-state index < -0.39 is 0 Å². The third-order valence-electron chi connectivity index (χ3n) is 4.24. The van der Waals surface area contributed by atoms with E-state index in [1.165, 1.54) is 4.90 Å². The van der Waals surface area contributed by atoms with Gasteiger partial charge in [0.15, 0.2) is 18.1 Å². The molecular weight excluding hydrogens is 468 g/mol. The van der Waals surface area contributed by atoms with E-state index in [1.807, 2.05) is 42.8 Å². The number of halogens is 1. The number of hydrogen-bond acceptors (Lipinski definition) is 6. The topological polar surface area (TPSA) is 68.4 Å². The van der Waals surface area contributed by atoms with Crippen LogP contribution in [0, 0.1) is 0 Å². The molecule has 0 bridgehead atoms. The molecule has 1 heterocycles. The lowest BCUT2D eigenvalue weighted by molar-refractivity contribution is -0.130. The third-order valence-corrected chi connectivity index (χ3v) is 5.93. The maximum absolute atomic E-state index is 11.8. The third kappa shape index (κ3) is 5.09. The van der Waals surface area contributed by atoms with Crippen LogP contribution in [0.4, 0.5) is 0 Å². The van der Waals surface area contributed by atoms with Crippen LogP contribution in [0.2, 0.25) is 0 Å². The summed E-state index contributed by atoms with van der Waals surface area (Å²) in [6.45, 7) is 2.28. The van der Waals surface area contributed by atoms with E-state index in [4.69, 9.17) is 9.47 Å². The average Bonchev–Trinajstić information content (AvgIpc) is 3.03. The lowest BCUT2D eigenvalue weighted by Gasteiger charge is -2.16. The Kier molecular flexibility index (Phi) is 7.28. The van der Waals surface area contributed by atoms with Crippen LogP contribution < -0.4 is 14.3 Å². The maximum Gasteiger partial charge on any atom is 0.259 e. The molecule has 0 aliphatic rings. The molecule has 3 rings (SSSR count). The van der Waals surface area contributed by atoms with Crippen LogP contribution in [0.1, 0.15) is 12.5 Å². The highest BCUT2D eigenvalue weighted by atomic mass is 79.9. The van der Waals surface area contributed by atoms with Gasteiger partial charge in [-0.1, -0.05) is 23.5 Å². The van der Waals surface area contributed by atoms with Crippen molar-refractivity contribution in [1.82, 2.24) is 9.47 Å². The predicted molar refractivity (Wildman–Crippen MR) is 123 cm³/mol. The van der Waals surface area contributed by atoms with Crippen molar-refractivity contribution in [2.45, 2.75) is 6.92 Å². The second-order valence-electron chi connectivity index (χ2n) is 6.60. The van der Waals surface area contributed by atoms with E-state index in [-0.39, 0.29) is 12.5 Å². The Hall–Kier alpha value is -2.65. The van der Waals surface area contributed by atoms with Gasteiger partial charge in [0, 0.05) is 21.1 Å². The molecule has 0 N–H and O–H groups in total. The van der Waals surface area contributed by atoms with E-state index >= 15 is 0 Å². The Labute approximate surface area is 187 Å². The highest BCUT2D eigenvalue weighted by molar-refractivity contribution is 9.10. The van der Waals surface area contributed by atoms with E-state index in [0.29, 0.717) is 22.6 Å². The summed E-state index contributed by atoms with van der Waals surface area (Å²) in [6.07, 6.45) is 1.66. The maximum atomic E-state index is 11.8. The molecule has 0 radical (unpaired) electrons. The lowest BCUT2D eigenvalue weighted by Crippen LogP contribution is -2.27. The van der Waals surface area contributed by atoms with Gasteiger partial charge < -0.3 is 18.9 Å². The van der Waals surface area contributed by atoms with Gasteiger partial charge in [0.25, 0.3) is 5.91 Å². The van der Waals surface area contributed by atoms with Crippen molar-refractivity contribution in [2.24, 2.45) is 17.3 Å². The van der Waals surface area contributed by atoms with E-state index in [9.17, 15) is 4.79 Å². The summed E-state index contributed by atoms with van der Waals surface area (Å²) in [5.41, 5.74) is 1.91. The summed E-state index contributed by atoms with van der Waals surface area (Å²) in [5.74, 6) is 0.884. The zero-order chi connectivity index (χ0) is 21.7. The highest BCUT2D eigenvalue weighted by Gasteiger charge is 2.14. The van der Waals surface area contributed by atoms with Gasteiger partial charge in [-0.25, -0.2) is 0 Å². The average molecular weight is 491 g/mol. The summed E-state index contributed by atoms with van der Waals surface area (Å²) in [4.78, 5) is 14.1. The number of rotatable bonds is 7. The van der Waals surface area contributed by atoms with Gasteiger partial charge in [0.2, 0.25) is 4.80 Å². The fraction of sp³-hybridized carbons (Fsp3) is 0.286. The number of para-hydroxylation sites is 1. The Bertz CT molecular complexity index is 1150. The van der Waals surface area contributed by atoms with Crippen LogP contribution in [0.3, 0.4) is 0 Å². The fourth-order valence-electron chi connectivity index (χ4n) is 2.65. The highest BCUT2D eigenvalue weighted by Crippen LogP contribution is 2.36. The Balaban J connectivity index is 1.86.